The summed E-state index contributed by atoms with van der Waals surface area (Å²) in [5.41, 5.74) is 10.2. The molecule has 0 aliphatic heterocycles. The number of hydrogen-bond acceptors (Lipinski definition) is 2. The van der Waals surface area contributed by atoms with Gasteiger partial charge in [-0.2, -0.15) is 0 Å². The summed E-state index contributed by atoms with van der Waals surface area (Å²) in [5.74, 6) is 0.956. The van der Waals surface area contributed by atoms with Crippen molar-refractivity contribution in [3.63, 3.8) is 0 Å². The van der Waals surface area contributed by atoms with Gasteiger partial charge in [0.15, 0.2) is 0 Å². The summed E-state index contributed by atoms with van der Waals surface area (Å²) in [4.78, 5) is 1.31. The van der Waals surface area contributed by atoms with Crippen LogP contribution in [0.15, 0.2) is 53.4 Å². The number of nitrogens with two attached hydrogens (primary N) is 1. The lowest BCUT2D eigenvalue weighted by atomic mass is 10.1. The molecule has 0 aliphatic rings. The lowest BCUT2D eigenvalue weighted by Crippen LogP contribution is -2.25. The van der Waals surface area contributed by atoms with Crippen molar-refractivity contribution < 1.29 is 0 Å². The Morgan fingerprint density at radius 3 is 2.37 bits per heavy atom. The molecule has 100 valence electrons. The fourth-order valence-corrected chi connectivity index (χ4v) is 3.08. The van der Waals surface area contributed by atoms with E-state index in [9.17, 15) is 0 Å². The first-order chi connectivity index (χ1) is 9.13. The summed E-state index contributed by atoms with van der Waals surface area (Å²) in [7, 11) is 0. The van der Waals surface area contributed by atoms with Crippen molar-refractivity contribution >= 4 is 11.8 Å². The number of rotatable bonds is 5. The first kappa shape index (κ1) is 14.2. The van der Waals surface area contributed by atoms with Crippen LogP contribution in [0.4, 0.5) is 0 Å². The van der Waals surface area contributed by atoms with E-state index in [2.05, 4.69) is 62.4 Å². The molecule has 1 unspecified atom stereocenters. The van der Waals surface area contributed by atoms with Crippen LogP contribution in [0.1, 0.15) is 16.7 Å². The van der Waals surface area contributed by atoms with Gasteiger partial charge in [-0.25, -0.2) is 0 Å². The van der Waals surface area contributed by atoms with Gasteiger partial charge in [0.05, 0.1) is 0 Å². The van der Waals surface area contributed by atoms with Crippen molar-refractivity contribution in [2.75, 3.05) is 5.75 Å². The van der Waals surface area contributed by atoms with E-state index < -0.39 is 0 Å². The molecule has 2 aromatic carbocycles. The molecule has 0 heterocycles. The highest BCUT2D eigenvalue weighted by Crippen LogP contribution is 2.20. The van der Waals surface area contributed by atoms with E-state index in [1.807, 2.05) is 11.8 Å². The molecule has 0 amide bonds. The fourth-order valence-electron chi connectivity index (χ4n) is 2.11. The van der Waals surface area contributed by atoms with Gasteiger partial charge in [0.25, 0.3) is 0 Å². The molecule has 0 spiro atoms. The maximum absolute atomic E-state index is 6.22. The Hall–Kier alpha value is -1.25. The molecule has 0 bridgehead atoms. The average Bonchev–Trinajstić information content (AvgIpc) is 2.36. The molecule has 2 heteroatoms. The predicted molar refractivity (Wildman–Crippen MR) is 84.8 cm³/mol. The molecule has 19 heavy (non-hydrogen) atoms. The van der Waals surface area contributed by atoms with Crippen LogP contribution >= 0.6 is 11.8 Å². The highest BCUT2D eigenvalue weighted by Gasteiger charge is 2.05. The summed E-state index contributed by atoms with van der Waals surface area (Å²) >= 11 is 1.84. The minimum atomic E-state index is 0.201. The van der Waals surface area contributed by atoms with Crippen molar-refractivity contribution in [1.29, 1.82) is 0 Å². The van der Waals surface area contributed by atoms with Gasteiger partial charge >= 0.3 is 0 Å². The van der Waals surface area contributed by atoms with E-state index in [1.165, 1.54) is 21.6 Å². The molecule has 1 nitrogen and oxygen atoms in total. The Balaban J connectivity index is 1.86. The molecule has 2 rings (SSSR count). The Morgan fingerprint density at radius 2 is 1.68 bits per heavy atom. The number of hydrogen-bond donors (Lipinski definition) is 1. The van der Waals surface area contributed by atoms with E-state index in [1.54, 1.807) is 0 Å². The topological polar surface area (TPSA) is 26.0 Å². The average molecular weight is 271 g/mol. The first-order valence-electron chi connectivity index (χ1n) is 6.64. The van der Waals surface area contributed by atoms with Gasteiger partial charge in [-0.15, -0.1) is 11.8 Å². The minimum Gasteiger partial charge on any atom is -0.327 e. The van der Waals surface area contributed by atoms with Gasteiger partial charge in [-0.3, -0.25) is 0 Å². The van der Waals surface area contributed by atoms with Crippen molar-refractivity contribution in [2.45, 2.75) is 31.2 Å². The van der Waals surface area contributed by atoms with Gasteiger partial charge < -0.3 is 5.73 Å². The van der Waals surface area contributed by atoms with Crippen LogP contribution < -0.4 is 5.73 Å². The smallest absolute Gasteiger partial charge is 0.0174 e. The maximum atomic E-state index is 6.22. The van der Waals surface area contributed by atoms with E-state index in [0.717, 1.165) is 12.2 Å². The highest BCUT2D eigenvalue weighted by atomic mass is 32.2. The third-order valence-corrected chi connectivity index (χ3v) is 4.22. The largest absolute Gasteiger partial charge is 0.327 e. The first-order valence-corrected chi connectivity index (χ1v) is 7.62. The minimum absolute atomic E-state index is 0.201. The Labute approximate surface area is 120 Å². The zero-order valence-electron chi connectivity index (χ0n) is 11.6. The van der Waals surface area contributed by atoms with Crippen LogP contribution in [0.2, 0.25) is 0 Å². The Bertz CT molecular complexity index is 536. The zero-order chi connectivity index (χ0) is 13.7. The Morgan fingerprint density at radius 1 is 1.00 bits per heavy atom. The number of benzene rings is 2. The molecular formula is C17H21NS. The van der Waals surface area contributed by atoms with Crippen LogP contribution in [-0.4, -0.2) is 11.8 Å². The number of thioether (sulfide) groups is 1. The summed E-state index contributed by atoms with van der Waals surface area (Å²) in [6.45, 7) is 4.24. The molecule has 0 aliphatic carbocycles. The molecule has 2 N–H and O–H groups in total. The summed E-state index contributed by atoms with van der Waals surface area (Å²) in [6.07, 6.45) is 0.945. The van der Waals surface area contributed by atoms with Crippen LogP contribution in [0.25, 0.3) is 0 Å². The predicted octanol–water partition coefficient (Wildman–Crippen LogP) is 3.97. The fraction of sp³-hybridized carbons (Fsp3) is 0.294. The summed E-state index contributed by atoms with van der Waals surface area (Å²) < 4.78 is 0. The molecule has 0 saturated carbocycles. The molecule has 0 aromatic heterocycles. The van der Waals surface area contributed by atoms with E-state index in [4.69, 9.17) is 5.73 Å². The van der Waals surface area contributed by atoms with Crippen molar-refractivity contribution in [1.82, 2.24) is 0 Å². The molecule has 2 aromatic rings. The van der Waals surface area contributed by atoms with Gasteiger partial charge in [0.1, 0.15) is 0 Å². The van der Waals surface area contributed by atoms with Crippen molar-refractivity contribution in [2.24, 2.45) is 5.73 Å². The van der Waals surface area contributed by atoms with Crippen LogP contribution in [0.3, 0.4) is 0 Å². The van der Waals surface area contributed by atoms with Crippen molar-refractivity contribution in [3.8, 4) is 0 Å². The third-order valence-electron chi connectivity index (χ3n) is 3.03. The third kappa shape index (κ3) is 4.73. The molecule has 0 fully saturated rings. The molecule has 0 saturated heterocycles. The van der Waals surface area contributed by atoms with Gasteiger partial charge in [0.2, 0.25) is 0 Å². The normalized spacial score (nSPS) is 12.4. The van der Waals surface area contributed by atoms with Crippen LogP contribution in [0.5, 0.6) is 0 Å². The maximum Gasteiger partial charge on any atom is 0.0174 e. The van der Waals surface area contributed by atoms with E-state index in [-0.39, 0.29) is 6.04 Å². The van der Waals surface area contributed by atoms with Gasteiger partial charge in [-0.05, 0) is 38.0 Å². The molecule has 1 atom stereocenters. The van der Waals surface area contributed by atoms with Gasteiger partial charge in [0, 0.05) is 16.7 Å². The lowest BCUT2D eigenvalue weighted by Gasteiger charge is -2.12. The second kappa shape index (κ2) is 6.78. The highest BCUT2D eigenvalue weighted by molar-refractivity contribution is 7.99. The van der Waals surface area contributed by atoms with Crippen LogP contribution in [0, 0.1) is 13.8 Å². The number of aryl methyl sites for hydroxylation is 2. The second-order valence-corrected chi connectivity index (χ2v) is 6.17. The van der Waals surface area contributed by atoms with Crippen molar-refractivity contribution in [3.05, 3.63) is 65.2 Å². The van der Waals surface area contributed by atoms with E-state index in [0.29, 0.717) is 0 Å². The SMILES string of the molecule is Cc1cccc(CC(N)CSc2cccc(C)c2)c1. The molecular weight excluding hydrogens is 250 g/mol. The summed E-state index contributed by atoms with van der Waals surface area (Å²) in [6, 6.07) is 17.4. The van der Waals surface area contributed by atoms with E-state index >= 15 is 0 Å². The lowest BCUT2D eigenvalue weighted by molar-refractivity contribution is 0.748. The van der Waals surface area contributed by atoms with Gasteiger partial charge in [-0.1, -0.05) is 47.5 Å². The summed E-state index contributed by atoms with van der Waals surface area (Å²) in [5, 5.41) is 0. The zero-order valence-corrected chi connectivity index (χ0v) is 12.4. The standard InChI is InChI=1S/C17H21NS/c1-13-5-3-7-15(9-13)11-16(18)12-19-17-8-4-6-14(2)10-17/h3-10,16H,11-12,18H2,1-2H3. The quantitative estimate of drug-likeness (QED) is 0.833. The monoisotopic (exact) mass is 271 g/mol. The second-order valence-electron chi connectivity index (χ2n) is 5.08. The Kier molecular flexibility index (Phi) is 5.06. The molecule has 0 radical (unpaired) electrons. The van der Waals surface area contributed by atoms with Crippen LogP contribution in [-0.2, 0) is 6.42 Å².